The number of carbonyl (C=O) groups is 1. The Morgan fingerprint density at radius 3 is 2.58 bits per heavy atom. The zero-order valence-electron chi connectivity index (χ0n) is 10.5. The van der Waals surface area contributed by atoms with Gasteiger partial charge < -0.3 is 9.30 Å². The lowest BCUT2D eigenvalue weighted by atomic mass is 10.2. The number of rotatable bonds is 3. The third-order valence-electron chi connectivity index (χ3n) is 2.83. The number of ether oxygens (including phenoxy) is 1. The maximum Gasteiger partial charge on any atom is 0.356 e. The van der Waals surface area contributed by atoms with E-state index < -0.39 is 5.97 Å². The SMILES string of the molecule is COC(=O)c1cnc(C)n1Cc1c(Cl)cccc1Cl. The van der Waals surface area contributed by atoms with E-state index in [4.69, 9.17) is 27.9 Å². The van der Waals surface area contributed by atoms with Crippen LogP contribution in [0.5, 0.6) is 0 Å². The fraction of sp³-hybridized carbons (Fsp3) is 0.231. The van der Waals surface area contributed by atoms with Crippen LogP contribution in [0.25, 0.3) is 0 Å². The lowest BCUT2D eigenvalue weighted by Gasteiger charge is -2.11. The molecular weight excluding hydrogens is 287 g/mol. The van der Waals surface area contributed by atoms with Crippen molar-refractivity contribution in [1.29, 1.82) is 0 Å². The largest absolute Gasteiger partial charge is 0.464 e. The van der Waals surface area contributed by atoms with Crippen LogP contribution in [0.1, 0.15) is 21.9 Å². The van der Waals surface area contributed by atoms with Crippen molar-refractivity contribution in [2.45, 2.75) is 13.5 Å². The Bertz CT molecular complexity index is 603. The molecule has 4 nitrogen and oxygen atoms in total. The molecule has 2 rings (SSSR count). The van der Waals surface area contributed by atoms with Crippen LogP contribution in [-0.4, -0.2) is 22.6 Å². The van der Waals surface area contributed by atoms with Crippen LogP contribution in [0.3, 0.4) is 0 Å². The van der Waals surface area contributed by atoms with Gasteiger partial charge in [-0.25, -0.2) is 9.78 Å². The fourth-order valence-corrected chi connectivity index (χ4v) is 2.29. The van der Waals surface area contributed by atoms with Crippen LogP contribution >= 0.6 is 23.2 Å². The van der Waals surface area contributed by atoms with Gasteiger partial charge in [-0.1, -0.05) is 29.3 Å². The van der Waals surface area contributed by atoms with Crippen LogP contribution < -0.4 is 0 Å². The van der Waals surface area contributed by atoms with Crippen molar-refractivity contribution < 1.29 is 9.53 Å². The molecule has 0 atom stereocenters. The highest BCUT2D eigenvalue weighted by Crippen LogP contribution is 2.26. The van der Waals surface area contributed by atoms with Crippen molar-refractivity contribution in [2.75, 3.05) is 7.11 Å². The van der Waals surface area contributed by atoms with Gasteiger partial charge in [-0.2, -0.15) is 0 Å². The van der Waals surface area contributed by atoms with Crippen molar-refractivity contribution in [3.63, 3.8) is 0 Å². The first-order valence-corrected chi connectivity index (χ1v) is 6.33. The molecule has 2 aromatic rings. The number of hydrogen-bond acceptors (Lipinski definition) is 3. The molecule has 19 heavy (non-hydrogen) atoms. The van der Waals surface area contributed by atoms with E-state index in [1.165, 1.54) is 13.3 Å². The topological polar surface area (TPSA) is 44.1 Å². The van der Waals surface area contributed by atoms with Gasteiger partial charge in [0.1, 0.15) is 11.5 Å². The van der Waals surface area contributed by atoms with Gasteiger partial charge in [0.05, 0.1) is 19.9 Å². The normalized spacial score (nSPS) is 10.5. The summed E-state index contributed by atoms with van der Waals surface area (Å²) in [6, 6.07) is 5.29. The minimum Gasteiger partial charge on any atom is -0.464 e. The highest BCUT2D eigenvalue weighted by Gasteiger charge is 2.17. The van der Waals surface area contributed by atoms with Gasteiger partial charge in [-0.05, 0) is 19.1 Å². The third kappa shape index (κ3) is 2.74. The lowest BCUT2D eigenvalue weighted by Crippen LogP contribution is -2.13. The smallest absolute Gasteiger partial charge is 0.356 e. The molecule has 0 N–H and O–H groups in total. The highest BCUT2D eigenvalue weighted by atomic mass is 35.5. The number of hydrogen-bond donors (Lipinski definition) is 0. The number of imidazole rings is 1. The molecule has 100 valence electrons. The van der Waals surface area contributed by atoms with E-state index >= 15 is 0 Å². The van der Waals surface area contributed by atoms with E-state index in [0.717, 1.165) is 5.56 Å². The number of esters is 1. The zero-order chi connectivity index (χ0) is 14.0. The Morgan fingerprint density at radius 2 is 2.00 bits per heavy atom. The summed E-state index contributed by atoms with van der Waals surface area (Å²) in [5.41, 5.74) is 1.12. The molecule has 1 aromatic carbocycles. The molecule has 6 heteroatoms. The number of aromatic nitrogens is 2. The summed E-state index contributed by atoms with van der Waals surface area (Å²) in [6.45, 7) is 2.17. The number of aryl methyl sites for hydroxylation is 1. The summed E-state index contributed by atoms with van der Waals surface area (Å²) in [5, 5.41) is 1.10. The van der Waals surface area contributed by atoms with Crippen molar-refractivity contribution in [1.82, 2.24) is 9.55 Å². The van der Waals surface area contributed by atoms with Gasteiger partial charge in [-0.3, -0.25) is 0 Å². The molecule has 0 saturated heterocycles. The second-order valence-corrected chi connectivity index (χ2v) is 4.78. The van der Waals surface area contributed by atoms with Crippen molar-refractivity contribution >= 4 is 29.2 Å². The highest BCUT2D eigenvalue weighted by molar-refractivity contribution is 6.35. The van der Waals surface area contributed by atoms with Crippen LogP contribution in [-0.2, 0) is 11.3 Å². The third-order valence-corrected chi connectivity index (χ3v) is 3.54. The predicted molar refractivity (Wildman–Crippen MR) is 73.9 cm³/mol. The maximum absolute atomic E-state index is 11.7. The molecular formula is C13H12Cl2N2O2. The summed E-state index contributed by atoms with van der Waals surface area (Å²) in [5.74, 6) is 0.250. The average Bonchev–Trinajstić information content (AvgIpc) is 2.74. The van der Waals surface area contributed by atoms with E-state index in [-0.39, 0.29) is 0 Å². The minimum absolute atomic E-state index is 0.370. The van der Waals surface area contributed by atoms with Gasteiger partial charge in [0.25, 0.3) is 0 Å². The van der Waals surface area contributed by atoms with E-state index in [1.54, 1.807) is 29.7 Å². The first-order chi connectivity index (χ1) is 9.04. The van der Waals surface area contributed by atoms with Crippen LogP contribution in [0.4, 0.5) is 0 Å². The molecule has 0 unspecified atom stereocenters. The Hall–Kier alpha value is -1.52. The van der Waals surface area contributed by atoms with Gasteiger partial charge >= 0.3 is 5.97 Å². The Labute approximate surface area is 120 Å². The maximum atomic E-state index is 11.7. The minimum atomic E-state index is -0.441. The van der Waals surface area contributed by atoms with Crippen LogP contribution in [0.2, 0.25) is 10.0 Å². The summed E-state index contributed by atoms with van der Waals surface area (Å²) < 4.78 is 6.44. The molecule has 0 aliphatic carbocycles. The molecule has 0 radical (unpaired) electrons. The van der Waals surface area contributed by atoms with Crippen molar-refractivity contribution in [3.8, 4) is 0 Å². The Morgan fingerprint density at radius 1 is 1.37 bits per heavy atom. The summed E-state index contributed by atoms with van der Waals surface area (Å²) in [4.78, 5) is 15.8. The second kappa shape index (κ2) is 5.63. The quantitative estimate of drug-likeness (QED) is 0.817. The number of nitrogens with zero attached hydrogens (tertiary/aromatic N) is 2. The summed E-state index contributed by atoms with van der Waals surface area (Å²) >= 11 is 12.3. The monoisotopic (exact) mass is 298 g/mol. The Balaban J connectivity index is 2.44. The number of halogens is 2. The van der Waals surface area contributed by atoms with Crippen LogP contribution in [0.15, 0.2) is 24.4 Å². The average molecular weight is 299 g/mol. The predicted octanol–water partition coefficient (Wildman–Crippen LogP) is 3.33. The molecule has 0 spiro atoms. The molecule has 0 saturated carbocycles. The fourth-order valence-electron chi connectivity index (χ4n) is 1.78. The molecule has 1 aromatic heterocycles. The van der Waals surface area contributed by atoms with Gasteiger partial charge in [0, 0.05) is 15.6 Å². The lowest BCUT2D eigenvalue weighted by molar-refractivity contribution is 0.0588. The van der Waals surface area contributed by atoms with Gasteiger partial charge in [0.15, 0.2) is 0 Å². The molecule has 0 aliphatic rings. The molecule has 0 bridgehead atoms. The first kappa shape index (κ1) is 13.9. The van der Waals surface area contributed by atoms with Gasteiger partial charge in [-0.15, -0.1) is 0 Å². The van der Waals surface area contributed by atoms with Gasteiger partial charge in [0.2, 0.25) is 0 Å². The first-order valence-electron chi connectivity index (χ1n) is 5.58. The van der Waals surface area contributed by atoms with Crippen molar-refractivity contribution in [2.24, 2.45) is 0 Å². The second-order valence-electron chi connectivity index (χ2n) is 3.97. The van der Waals surface area contributed by atoms with E-state index in [1.807, 2.05) is 0 Å². The molecule has 1 heterocycles. The Kier molecular flexibility index (Phi) is 4.12. The summed E-state index contributed by atoms with van der Waals surface area (Å²) in [6.07, 6.45) is 1.48. The zero-order valence-corrected chi connectivity index (χ0v) is 12.0. The van der Waals surface area contributed by atoms with Crippen LogP contribution in [0, 0.1) is 6.92 Å². The summed E-state index contributed by atoms with van der Waals surface area (Å²) in [7, 11) is 1.33. The molecule has 0 aliphatic heterocycles. The number of benzene rings is 1. The van der Waals surface area contributed by atoms with E-state index in [9.17, 15) is 4.79 Å². The standard InChI is InChI=1S/C13H12Cl2N2O2/c1-8-16-6-12(13(18)19-2)17(8)7-9-10(14)4-3-5-11(9)15/h3-6H,7H2,1-2H3. The van der Waals surface area contributed by atoms with E-state index in [2.05, 4.69) is 4.98 Å². The molecule has 0 fully saturated rings. The van der Waals surface area contributed by atoms with Crippen molar-refractivity contribution in [3.05, 3.63) is 51.5 Å². The van der Waals surface area contributed by atoms with E-state index in [0.29, 0.717) is 28.1 Å². The number of methoxy groups -OCH3 is 1. The number of carbonyl (C=O) groups excluding carboxylic acids is 1. The molecule has 0 amide bonds.